The van der Waals surface area contributed by atoms with Crippen molar-refractivity contribution in [2.75, 3.05) is 5.75 Å². The highest BCUT2D eigenvalue weighted by Crippen LogP contribution is 2.29. The molecule has 0 heterocycles. The van der Waals surface area contributed by atoms with Gasteiger partial charge >= 0.3 is 0 Å². The quantitative estimate of drug-likeness (QED) is 0.697. The zero-order chi connectivity index (χ0) is 16.1. The normalized spacial score (nSPS) is 13.8. The number of nitrogens with zero attached hydrogens (tertiary/aromatic N) is 1. The number of hydrogen-bond acceptors (Lipinski definition) is 2. The van der Waals surface area contributed by atoms with Crippen LogP contribution in [0.2, 0.25) is 0 Å². The van der Waals surface area contributed by atoms with E-state index in [0.717, 1.165) is 24.2 Å². The average Bonchev–Trinajstić information content (AvgIpc) is 3.40. The molecule has 1 aliphatic carbocycles. The Morgan fingerprint density at radius 1 is 1.09 bits per heavy atom. The molecule has 120 valence electrons. The minimum Gasteiger partial charge on any atom is -0.335 e. The predicted molar refractivity (Wildman–Crippen MR) is 91.8 cm³/mol. The first kappa shape index (κ1) is 16.1. The van der Waals surface area contributed by atoms with Crippen molar-refractivity contribution in [1.82, 2.24) is 4.90 Å². The summed E-state index contributed by atoms with van der Waals surface area (Å²) in [5.74, 6) is 0.743. The Labute approximate surface area is 140 Å². The minimum atomic E-state index is -0.239. The fourth-order valence-corrected chi connectivity index (χ4v) is 3.37. The third-order valence-electron chi connectivity index (χ3n) is 3.90. The van der Waals surface area contributed by atoms with E-state index >= 15 is 0 Å². The average molecular weight is 329 g/mol. The maximum Gasteiger partial charge on any atom is 0.223 e. The monoisotopic (exact) mass is 329 g/mol. The molecule has 1 saturated carbocycles. The van der Waals surface area contributed by atoms with Crippen LogP contribution in [0, 0.1) is 5.82 Å². The fraction of sp³-hybridized carbons (Fsp3) is 0.316. The number of benzene rings is 2. The van der Waals surface area contributed by atoms with Crippen molar-refractivity contribution >= 4 is 17.7 Å². The molecule has 0 unspecified atom stereocenters. The first-order chi connectivity index (χ1) is 11.2. The first-order valence-electron chi connectivity index (χ1n) is 7.94. The van der Waals surface area contributed by atoms with Crippen molar-refractivity contribution in [3.8, 4) is 0 Å². The van der Waals surface area contributed by atoms with Crippen LogP contribution in [0.15, 0.2) is 59.5 Å². The van der Waals surface area contributed by atoms with Gasteiger partial charge in [0, 0.05) is 29.7 Å². The highest BCUT2D eigenvalue weighted by Gasteiger charge is 2.32. The van der Waals surface area contributed by atoms with E-state index in [0.29, 0.717) is 19.0 Å². The molecule has 1 aliphatic rings. The fourth-order valence-electron chi connectivity index (χ4n) is 2.51. The van der Waals surface area contributed by atoms with E-state index in [1.54, 1.807) is 23.9 Å². The molecule has 3 rings (SSSR count). The molecule has 0 N–H and O–H groups in total. The third kappa shape index (κ3) is 4.83. The molecule has 23 heavy (non-hydrogen) atoms. The Morgan fingerprint density at radius 2 is 1.78 bits per heavy atom. The molecule has 0 atom stereocenters. The van der Waals surface area contributed by atoms with Gasteiger partial charge in [-0.3, -0.25) is 4.79 Å². The summed E-state index contributed by atoms with van der Waals surface area (Å²) < 4.78 is 13.0. The lowest BCUT2D eigenvalue weighted by Gasteiger charge is -2.22. The smallest absolute Gasteiger partial charge is 0.223 e. The van der Waals surface area contributed by atoms with Crippen molar-refractivity contribution in [3.63, 3.8) is 0 Å². The second-order valence-corrected chi connectivity index (χ2v) is 6.96. The molecule has 2 aromatic rings. The SMILES string of the molecule is O=C(CCSc1ccccc1)N(Cc1ccc(F)cc1)C1CC1. The predicted octanol–water partition coefficient (Wildman–Crippen LogP) is 4.50. The molecule has 1 amide bonds. The number of thioether (sulfide) groups is 1. The Balaban J connectivity index is 1.53. The Kier molecular flexibility index (Phi) is 5.34. The van der Waals surface area contributed by atoms with Gasteiger partial charge in [-0.15, -0.1) is 11.8 Å². The minimum absolute atomic E-state index is 0.195. The lowest BCUT2D eigenvalue weighted by atomic mass is 10.2. The summed E-state index contributed by atoms with van der Waals surface area (Å²) in [6, 6.07) is 16.9. The van der Waals surface area contributed by atoms with Crippen molar-refractivity contribution in [3.05, 3.63) is 66.0 Å². The lowest BCUT2D eigenvalue weighted by Crippen LogP contribution is -2.32. The van der Waals surface area contributed by atoms with Crippen LogP contribution in [-0.4, -0.2) is 22.6 Å². The second kappa shape index (κ2) is 7.64. The molecule has 2 nitrogen and oxygen atoms in total. The molecule has 0 bridgehead atoms. The van der Waals surface area contributed by atoms with E-state index in [2.05, 4.69) is 12.1 Å². The molecule has 1 fully saturated rings. The molecular formula is C19H20FNOS. The van der Waals surface area contributed by atoms with Gasteiger partial charge < -0.3 is 4.90 Å². The highest BCUT2D eigenvalue weighted by atomic mass is 32.2. The van der Waals surface area contributed by atoms with Gasteiger partial charge in [-0.1, -0.05) is 30.3 Å². The molecule has 0 aromatic heterocycles. The van der Waals surface area contributed by atoms with Crippen molar-refractivity contribution in [1.29, 1.82) is 0 Å². The van der Waals surface area contributed by atoms with E-state index in [1.165, 1.54) is 17.0 Å². The van der Waals surface area contributed by atoms with Crippen molar-refractivity contribution < 1.29 is 9.18 Å². The zero-order valence-electron chi connectivity index (χ0n) is 13.0. The maximum atomic E-state index is 13.0. The maximum absolute atomic E-state index is 13.0. The summed E-state index contributed by atoms with van der Waals surface area (Å²) >= 11 is 1.71. The molecule has 0 saturated heterocycles. The van der Waals surface area contributed by atoms with Gasteiger partial charge in [0.1, 0.15) is 5.82 Å². The molecular weight excluding hydrogens is 309 g/mol. The topological polar surface area (TPSA) is 20.3 Å². The van der Waals surface area contributed by atoms with Crippen LogP contribution in [0.3, 0.4) is 0 Å². The van der Waals surface area contributed by atoms with Gasteiger partial charge in [0.05, 0.1) is 0 Å². The van der Waals surface area contributed by atoms with Crippen molar-refractivity contribution in [2.24, 2.45) is 0 Å². The number of amides is 1. The molecule has 0 radical (unpaired) electrons. The number of rotatable bonds is 7. The first-order valence-corrected chi connectivity index (χ1v) is 8.93. The van der Waals surface area contributed by atoms with Gasteiger partial charge in [0.2, 0.25) is 5.91 Å². The van der Waals surface area contributed by atoms with Crippen LogP contribution in [0.1, 0.15) is 24.8 Å². The summed E-state index contributed by atoms with van der Waals surface area (Å²) in [6.45, 7) is 0.583. The van der Waals surface area contributed by atoms with Gasteiger partial charge in [0.25, 0.3) is 0 Å². The van der Waals surface area contributed by atoms with Crippen LogP contribution >= 0.6 is 11.8 Å². The van der Waals surface area contributed by atoms with Gasteiger partial charge in [-0.2, -0.15) is 0 Å². The molecule has 2 aromatic carbocycles. The van der Waals surface area contributed by atoms with E-state index in [9.17, 15) is 9.18 Å². The third-order valence-corrected chi connectivity index (χ3v) is 4.92. The number of carbonyl (C=O) groups excluding carboxylic acids is 1. The standard InChI is InChI=1S/C19H20FNOS/c20-16-8-6-15(7-9-16)14-21(17-10-11-17)19(22)12-13-23-18-4-2-1-3-5-18/h1-9,17H,10-14H2. The Bertz CT molecular complexity index is 640. The zero-order valence-corrected chi connectivity index (χ0v) is 13.8. The van der Waals surface area contributed by atoms with Gasteiger partial charge in [0.15, 0.2) is 0 Å². The summed E-state index contributed by atoms with van der Waals surface area (Å²) in [7, 11) is 0. The van der Waals surface area contributed by atoms with Crippen molar-refractivity contribution in [2.45, 2.75) is 36.7 Å². The number of halogens is 1. The van der Waals surface area contributed by atoms with E-state index < -0.39 is 0 Å². The summed E-state index contributed by atoms with van der Waals surface area (Å²) in [4.78, 5) is 15.7. The summed E-state index contributed by atoms with van der Waals surface area (Å²) in [5.41, 5.74) is 0.988. The van der Waals surface area contributed by atoms with E-state index in [4.69, 9.17) is 0 Å². The molecule has 0 aliphatic heterocycles. The number of hydrogen-bond donors (Lipinski definition) is 0. The van der Waals surface area contributed by atoms with E-state index in [-0.39, 0.29) is 11.7 Å². The second-order valence-electron chi connectivity index (χ2n) is 5.79. The van der Waals surface area contributed by atoms with Crippen LogP contribution in [0.5, 0.6) is 0 Å². The molecule has 4 heteroatoms. The lowest BCUT2D eigenvalue weighted by molar-refractivity contribution is -0.131. The number of carbonyl (C=O) groups is 1. The largest absolute Gasteiger partial charge is 0.335 e. The molecule has 0 spiro atoms. The highest BCUT2D eigenvalue weighted by molar-refractivity contribution is 7.99. The van der Waals surface area contributed by atoms with Crippen LogP contribution < -0.4 is 0 Å². The van der Waals surface area contributed by atoms with Crippen LogP contribution in [0.4, 0.5) is 4.39 Å². The van der Waals surface area contributed by atoms with Crippen LogP contribution in [-0.2, 0) is 11.3 Å². The van der Waals surface area contributed by atoms with Crippen LogP contribution in [0.25, 0.3) is 0 Å². The Morgan fingerprint density at radius 3 is 2.43 bits per heavy atom. The Hall–Kier alpha value is -1.81. The summed E-state index contributed by atoms with van der Waals surface area (Å²) in [5, 5.41) is 0. The summed E-state index contributed by atoms with van der Waals surface area (Å²) in [6.07, 6.45) is 2.70. The van der Waals surface area contributed by atoms with E-state index in [1.807, 2.05) is 23.1 Å². The van der Waals surface area contributed by atoms with Gasteiger partial charge in [-0.05, 0) is 42.7 Å². The van der Waals surface area contributed by atoms with Gasteiger partial charge in [-0.25, -0.2) is 4.39 Å².